The Hall–Kier alpha value is -3.57. The van der Waals surface area contributed by atoms with Gasteiger partial charge in [0.1, 0.15) is 12.7 Å². The quantitative estimate of drug-likeness (QED) is 0.121. The number of carbonyl (C=O) groups is 3. The zero-order valence-corrected chi connectivity index (χ0v) is 24.0. The number of fused-ring (bicyclic) bond motifs is 1. The van der Waals surface area contributed by atoms with E-state index in [4.69, 9.17) is 21.9 Å². The van der Waals surface area contributed by atoms with Crippen molar-refractivity contribution in [1.82, 2.24) is 10.2 Å². The summed E-state index contributed by atoms with van der Waals surface area (Å²) < 4.78 is 57.7. The van der Waals surface area contributed by atoms with Crippen molar-refractivity contribution >= 4 is 36.0 Å². The number of halogens is 4. The molecule has 2 aromatic rings. The Balaban J connectivity index is 1.74. The lowest BCUT2D eigenvalue weighted by molar-refractivity contribution is -0.137. The maximum Gasteiger partial charge on any atom is 0.491 e. The highest BCUT2D eigenvalue weighted by atomic mass is 19.4. The van der Waals surface area contributed by atoms with Crippen LogP contribution in [0.15, 0.2) is 36.4 Å². The molecule has 0 bridgehead atoms. The number of alkyl halides is 4. The van der Waals surface area contributed by atoms with Gasteiger partial charge in [0.15, 0.2) is 0 Å². The minimum Gasteiger partial charge on any atom is -0.423 e. The molecule has 0 spiro atoms. The summed E-state index contributed by atoms with van der Waals surface area (Å²) in [5.74, 6) is -1.72. The molecule has 240 valence electrons. The molecule has 1 heterocycles. The first-order chi connectivity index (χ1) is 20.9. The van der Waals surface area contributed by atoms with E-state index >= 15 is 0 Å². The third kappa shape index (κ3) is 9.47. The first-order valence-corrected chi connectivity index (χ1v) is 14.1. The summed E-state index contributed by atoms with van der Waals surface area (Å²) in [4.78, 5) is 40.4. The lowest BCUT2D eigenvalue weighted by Crippen LogP contribution is -2.50. The van der Waals surface area contributed by atoms with Gasteiger partial charge in [-0.2, -0.15) is 13.2 Å². The molecule has 1 aliphatic heterocycles. The van der Waals surface area contributed by atoms with Gasteiger partial charge in [0.05, 0.1) is 18.2 Å². The SMILES string of the molecule is NCCN(CCN)C(=O)CC[C@H](N)C(=O)N[C@H](CCc1ccc(C(F)(F)F)cc1)C(=O)Nc1cc(CF)c2c(c1)B(O)OC2. The molecular formula is C28H37BF4N6O5. The zero-order chi connectivity index (χ0) is 32.4. The number of hydrogen-bond donors (Lipinski definition) is 6. The van der Waals surface area contributed by atoms with Crippen LogP contribution in [0.1, 0.15) is 41.5 Å². The van der Waals surface area contributed by atoms with Crippen LogP contribution < -0.4 is 33.3 Å². The summed E-state index contributed by atoms with van der Waals surface area (Å²) in [5.41, 5.74) is 17.9. The van der Waals surface area contributed by atoms with Gasteiger partial charge < -0.3 is 42.4 Å². The largest absolute Gasteiger partial charge is 0.491 e. The third-order valence-electron chi connectivity index (χ3n) is 7.23. The molecule has 0 saturated carbocycles. The van der Waals surface area contributed by atoms with Gasteiger partial charge in [0.25, 0.3) is 0 Å². The summed E-state index contributed by atoms with van der Waals surface area (Å²) >= 11 is 0. The molecular weight excluding hydrogens is 587 g/mol. The van der Waals surface area contributed by atoms with E-state index in [0.717, 1.165) is 12.1 Å². The predicted molar refractivity (Wildman–Crippen MR) is 156 cm³/mol. The van der Waals surface area contributed by atoms with Gasteiger partial charge in [-0.3, -0.25) is 14.4 Å². The second-order valence-corrected chi connectivity index (χ2v) is 10.4. The fourth-order valence-electron chi connectivity index (χ4n) is 4.79. The molecule has 16 heteroatoms. The molecule has 11 nitrogen and oxygen atoms in total. The molecule has 2 atom stereocenters. The summed E-state index contributed by atoms with van der Waals surface area (Å²) in [6.07, 6.45) is -4.52. The molecule has 9 N–H and O–H groups in total. The Morgan fingerprint density at radius 3 is 2.30 bits per heavy atom. The number of nitrogens with zero attached hydrogens (tertiary/aromatic N) is 1. The molecule has 0 fully saturated rings. The van der Waals surface area contributed by atoms with Gasteiger partial charge in [-0.05, 0) is 65.7 Å². The molecule has 0 saturated heterocycles. The van der Waals surface area contributed by atoms with Gasteiger partial charge in [0.2, 0.25) is 17.7 Å². The number of anilines is 1. The Morgan fingerprint density at radius 2 is 1.70 bits per heavy atom. The third-order valence-corrected chi connectivity index (χ3v) is 7.23. The maximum atomic E-state index is 13.7. The van der Waals surface area contributed by atoms with E-state index in [2.05, 4.69) is 10.6 Å². The van der Waals surface area contributed by atoms with Crippen molar-refractivity contribution < 1.29 is 41.6 Å². The summed E-state index contributed by atoms with van der Waals surface area (Å²) in [5, 5.41) is 15.3. The molecule has 2 aromatic carbocycles. The topological polar surface area (TPSA) is 186 Å². The Kier molecular flexibility index (Phi) is 12.7. The predicted octanol–water partition coefficient (Wildman–Crippen LogP) is 0.302. The van der Waals surface area contributed by atoms with Crippen LogP contribution in [0.3, 0.4) is 0 Å². The standard InChI is InChI=1S/C28H37BF4N6O5/c30-15-18-13-20(14-22-21(18)16-44-29(22)43)37-27(42)24(7-3-17-1-4-19(5-2-17)28(31,32)33)38-26(41)23(36)6-8-25(40)39(11-9-34)12-10-35/h1-2,4-5,13-14,23-24,43H,3,6-12,15-16,34-36H2,(H,37,42)(H,38,41)/t23-,24+/m0/s1. The average Bonchev–Trinajstić information content (AvgIpc) is 3.37. The van der Waals surface area contributed by atoms with E-state index in [0.29, 0.717) is 29.7 Å². The van der Waals surface area contributed by atoms with Crippen LogP contribution in [0.4, 0.5) is 23.2 Å². The van der Waals surface area contributed by atoms with Crippen molar-refractivity contribution in [3.05, 3.63) is 58.7 Å². The number of hydrogen-bond acceptors (Lipinski definition) is 8. The van der Waals surface area contributed by atoms with Gasteiger partial charge in [0, 0.05) is 38.3 Å². The van der Waals surface area contributed by atoms with Gasteiger partial charge in [-0.25, -0.2) is 4.39 Å². The molecule has 0 unspecified atom stereocenters. The van der Waals surface area contributed by atoms with Crippen LogP contribution in [-0.4, -0.2) is 73.0 Å². The van der Waals surface area contributed by atoms with Crippen LogP contribution in [0.25, 0.3) is 0 Å². The van der Waals surface area contributed by atoms with Crippen molar-refractivity contribution in [3.63, 3.8) is 0 Å². The van der Waals surface area contributed by atoms with E-state index in [9.17, 15) is 37.0 Å². The number of carbonyl (C=O) groups excluding carboxylic acids is 3. The van der Waals surface area contributed by atoms with Gasteiger partial charge >= 0.3 is 13.3 Å². The highest BCUT2D eigenvalue weighted by Gasteiger charge is 2.32. The first-order valence-electron chi connectivity index (χ1n) is 14.1. The minimum absolute atomic E-state index is 0.00634. The smallest absolute Gasteiger partial charge is 0.423 e. The second-order valence-electron chi connectivity index (χ2n) is 10.4. The zero-order valence-electron chi connectivity index (χ0n) is 24.0. The van der Waals surface area contributed by atoms with E-state index in [-0.39, 0.29) is 62.5 Å². The van der Waals surface area contributed by atoms with Crippen molar-refractivity contribution in [2.24, 2.45) is 17.2 Å². The lowest BCUT2D eigenvalue weighted by atomic mass is 9.78. The number of amides is 3. The average molecular weight is 624 g/mol. The summed E-state index contributed by atoms with van der Waals surface area (Å²) in [6, 6.07) is 4.85. The van der Waals surface area contributed by atoms with E-state index in [1.165, 1.54) is 29.2 Å². The monoisotopic (exact) mass is 624 g/mol. The van der Waals surface area contributed by atoms with Crippen molar-refractivity contribution in [2.75, 3.05) is 31.5 Å². The van der Waals surface area contributed by atoms with Crippen molar-refractivity contribution in [1.29, 1.82) is 0 Å². The van der Waals surface area contributed by atoms with Crippen LogP contribution in [0.5, 0.6) is 0 Å². The van der Waals surface area contributed by atoms with Crippen molar-refractivity contribution in [3.8, 4) is 0 Å². The van der Waals surface area contributed by atoms with Crippen LogP contribution >= 0.6 is 0 Å². The number of nitrogens with two attached hydrogens (primary N) is 3. The number of rotatable bonds is 15. The Labute approximate surface area is 252 Å². The summed E-state index contributed by atoms with van der Waals surface area (Å²) in [7, 11) is -1.30. The minimum atomic E-state index is -4.51. The van der Waals surface area contributed by atoms with E-state index < -0.39 is 49.4 Å². The lowest BCUT2D eigenvalue weighted by Gasteiger charge is -2.23. The molecule has 3 rings (SSSR count). The second kappa shape index (κ2) is 15.9. The first kappa shape index (κ1) is 34.9. The van der Waals surface area contributed by atoms with Crippen LogP contribution in [-0.2, 0) is 44.9 Å². The molecule has 1 aliphatic rings. The summed E-state index contributed by atoms with van der Waals surface area (Å²) in [6.45, 7) is 0.178. The number of nitrogens with one attached hydrogen (secondary N) is 2. The Bertz CT molecular complexity index is 1290. The van der Waals surface area contributed by atoms with Crippen LogP contribution in [0, 0.1) is 0 Å². The number of aryl methyl sites for hydroxylation is 1. The van der Waals surface area contributed by atoms with E-state index in [1.54, 1.807) is 0 Å². The fraction of sp³-hybridized carbons (Fsp3) is 0.464. The Morgan fingerprint density at radius 1 is 1.05 bits per heavy atom. The maximum absolute atomic E-state index is 13.7. The molecule has 0 aromatic heterocycles. The fourth-order valence-corrected chi connectivity index (χ4v) is 4.79. The highest BCUT2D eigenvalue weighted by Crippen LogP contribution is 2.29. The highest BCUT2D eigenvalue weighted by molar-refractivity contribution is 6.61. The molecule has 0 radical (unpaired) electrons. The normalized spacial score (nSPS) is 14.1. The molecule has 44 heavy (non-hydrogen) atoms. The molecule has 0 aliphatic carbocycles. The van der Waals surface area contributed by atoms with Crippen molar-refractivity contribution in [2.45, 2.75) is 57.2 Å². The van der Waals surface area contributed by atoms with Gasteiger partial charge in [-0.1, -0.05) is 12.1 Å². The molecule has 3 amide bonds. The van der Waals surface area contributed by atoms with E-state index in [1.807, 2.05) is 0 Å². The number of benzene rings is 2. The van der Waals surface area contributed by atoms with Crippen LogP contribution in [0.2, 0.25) is 0 Å². The van der Waals surface area contributed by atoms with Gasteiger partial charge in [-0.15, -0.1) is 0 Å².